The van der Waals surface area contributed by atoms with E-state index in [1.165, 1.54) is 0 Å². The maximum atomic E-state index is 12.3. The number of nitrogens with zero attached hydrogens (tertiary/aromatic N) is 2. The Labute approximate surface area is 103 Å². The maximum absolute atomic E-state index is 12.3. The van der Waals surface area contributed by atoms with Crippen LogP contribution in [0.4, 0.5) is 0 Å². The zero-order chi connectivity index (χ0) is 12.3. The minimum Gasteiger partial charge on any atom is -0.395 e. The van der Waals surface area contributed by atoms with Crippen molar-refractivity contribution < 1.29 is 9.90 Å². The molecule has 17 heavy (non-hydrogen) atoms. The molecule has 98 valence electrons. The van der Waals surface area contributed by atoms with Crippen molar-refractivity contribution in [1.29, 1.82) is 0 Å². The summed E-state index contributed by atoms with van der Waals surface area (Å²) in [5.41, 5.74) is 5.97. The molecule has 1 saturated heterocycles. The predicted molar refractivity (Wildman–Crippen MR) is 65.4 cm³/mol. The first-order valence-corrected chi connectivity index (χ1v) is 6.60. The van der Waals surface area contributed by atoms with Crippen LogP contribution in [-0.4, -0.2) is 66.2 Å². The van der Waals surface area contributed by atoms with Gasteiger partial charge in [0, 0.05) is 38.8 Å². The summed E-state index contributed by atoms with van der Waals surface area (Å²) in [4.78, 5) is 16.4. The highest BCUT2D eigenvalue weighted by molar-refractivity contribution is 5.80. The molecule has 2 atom stereocenters. The number of carbonyl (C=O) groups excluding carboxylic acids is 1. The van der Waals surface area contributed by atoms with E-state index in [9.17, 15) is 4.79 Å². The minimum absolute atomic E-state index is 0.0550. The Morgan fingerprint density at radius 2 is 1.94 bits per heavy atom. The van der Waals surface area contributed by atoms with Gasteiger partial charge in [0.2, 0.25) is 5.91 Å². The summed E-state index contributed by atoms with van der Waals surface area (Å²) in [5.74, 6) is 0.304. The van der Waals surface area contributed by atoms with Gasteiger partial charge in [-0.2, -0.15) is 0 Å². The van der Waals surface area contributed by atoms with Gasteiger partial charge >= 0.3 is 0 Å². The van der Waals surface area contributed by atoms with Crippen molar-refractivity contribution in [2.45, 2.75) is 25.3 Å². The molecular formula is C12H23N3O2. The van der Waals surface area contributed by atoms with Crippen molar-refractivity contribution in [3.05, 3.63) is 0 Å². The van der Waals surface area contributed by atoms with Crippen molar-refractivity contribution >= 4 is 5.91 Å². The quantitative estimate of drug-likeness (QED) is 0.682. The summed E-state index contributed by atoms with van der Waals surface area (Å²) in [7, 11) is 0. The van der Waals surface area contributed by atoms with E-state index in [1.807, 2.05) is 4.90 Å². The van der Waals surface area contributed by atoms with E-state index in [0.717, 1.165) is 45.4 Å². The molecule has 1 heterocycles. The van der Waals surface area contributed by atoms with Crippen molar-refractivity contribution in [1.82, 2.24) is 9.80 Å². The van der Waals surface area contributed by atoms with E-state index in [4.69, 9.17) is 10.8 Å². The topological polar surface area (TPSA) is 69.8 Å². The molecule has 0 aromatic carbocycles. The number of β-amino-alcohol motifs (C(OH)–C–C–N with tert-alkyl or cyclic N) is 1. The first-order chi connectivity index (χ1) is 8.22. The number of piperazine rings is 1. The van der Waals surface area contributed by atoms with Crippen LogP contribution in [0.5, 0.6) is 0 Å². The summed E-state index contributed by atoms with van der Waals surface area (Å²) in [6.45, 7) is 4.21. The minimum atomic E-state index is 0.0550. The first-order valence-electron chi connectivity index (χ1n) is 6.60. The van der Waals surface area contributed by atoms with Crippen molar-refractivity contribution in [2.75, 3.05) is 39.3 Å². The molecule has 1 saturated carbocycles. The van der Waals surface area contributed by atoms with Crippen LogP contribution in [0.2, 0.25) is 0 Å². The monoisotopic (exact) mass is 241 g/mol. The van der Waals surface area contributed by atoms with E-state index < -0.39 is 0 Å². The van der Waals surface area contributed by atoms with Crippen LogP contribution in [0, 0.1) is 5.92 Å². The smallest absolute Gasteiger partial charge is 0.227 e. The van der Waals surface area contributed by atoms with Crippen LogP contribution >= 0.6 is 0 Å². The fourth-order valence-corrected chi connectivity index (χ4v) is 2.86. The van der Waals surface area contributed by atoms with Gasteiger partial charge in [0.25, 0.3) is 0 Å². The van der Waals surface area contributed by atoms with E-state index in [1.54, 1.807) is 0 Å². The average molecular weight is 241 g/mol. The highest BCUT2D eigenvalue weighted by Crippen LogP contribution is 2.26. The van der Waals surface area contributed by atoms with Gasteiger partial charge in [-0.15, -0.1) is 0 Å². The third-order valence-corrected chi connectivity index (χ3v) is 3.99. The summed E-state index contributed by atoms with van der Waals surface area (Å²) in [6.07, 6.45) is 3.03. The predicted octanol–water partition coefficient (Wildman–Crippen LogP) is -0.750. The van der Waals surface area contributed by atoms with Crippen LogP contribution in [0.25, 0.3) is 0 Å². The summed E-state index contributed by atoms with van der Waals surface area (Å²) < 4.78 is 0. The Bertz CT molecular complexity index is 264. The van der Waals surface area contributed by atoms with Crippen molar-refractivity contribution in [3.63, 3.8) is 0 Å². The molecule has 2 aliphatic rings. The van der Waals surface area contributed by atoms with Gasteiger partial charge in [0.15, 0.2) is 0 Å². The maximum Gasteiger partial charge on any atom is 0.227 e. The van der Waals surface area contributed by atoms with Gasteiger partial charge in [-0.3, -0.25) is 9.69 Å². The van der Waals surface area contributed by atoms with Gasteiger partial charge in [-0.1, -0.05) is 6.42 Å². The average Bonchev–Trinajstić information content (AvgIpc) is 2.76. The second-order valence-corrected chi connectivity index (χ2v) is 5.09. The zero-order valence-electron chi connectivity index (χ0n) is 10.3. The summed E-state index contributed by atoms with van der Waals surface area (Å²) >= 11 is 0. The molecule has 0 radical (unpaired) electrons. The molecule has 3 N–H and O–H groups in total. The molecule has 5 nitrogen and oxygen atoms in total. The normalized spacial score (nSPS) is 30.8. The second kappa shape index (κ2) is 5.80. The molecule has 1 amide bonds. The van der Waals surface area contributed by atoms with Gasteiger partial charge in [-0.25, -0.2) is 0 Å². The van der Waals surface area contributed by atoms with Gasteiger partial charge in [0.05, 0.1) is 12.5 Å². The lowest BCUT2D eigenvalue weighted by atomic mass is 10.0. The number of nitrogens with two attached hydrogens (primary N) is 1. The lowest BCUT2D eigenvalue weighted by Gasteiger charge is -2.36. The number of aliphatic hydroxyl groups is 1. The van der Waals surface area contributed by atoms with Crippen LogP contribution in [0.3, 0.4) is 0 Å². The molecule has 2 rings (SSSR count). The number of aliphatic hydroxyl groups excluding tert-OH is 1. The third-order valence-electron chi connectivity index (χ3n) is 3.99. The lowest BCUT2D eigenvalue weighted by molar-refractivity contribution is -0.137. The summed E-state index contributed by atoms with van der Waals surface area (Å²) in [6, 6.07) is 0.0676. The van der Waals surface area contributed by atoms with Crippen molar-refractivity contribution in [3.8, 4) is 0 Å². The molecule has 0 spiro atoms. The Kier molecular flexibility index (Phi) is 4.36. The van der Waals surface area contributed by atoms with E-state index in [-0.39, 0.29) is 24.5 Å². The van der Waals surface area contributed by atoms with Crippen LogP contribution in [0.1, 0.15) is 19.3 Å². The number of rotatable bonds is 3. The van der Waals surface area contributed by atoms with E-state index in [2.05, 4.69) is 4.90 Å². The van der Waals surface area contributed by atoms with Crippen LogP contribution in [0.15, 0.2) is 0 Å². The molecule has 2 fully saturated rings. The first kappa shape index (κ1) is 12.8. The van der Waals surface area contributed by atoms with E-state index in [0.29, 0.717) is 6.54 Å². The Morgan fingerprint density at radius 1 is 1.24 bits per heavy atom. The highest BCUT2D eigenvalue weighted by Gasteiger charge is 2.34. The fourth-order valence-electron chi connectivity index (χ4n) is 2.86. The fraction of sp³-hybridized carbons (Fsp3) is 0.917. The molecule has 0 aromatic rings. The SMILES string of the molecule is N[C@H]1CCC[C@H]1C(=O)N1CCN(CCO)CC1. The van der Waals surface area contributed by atoms with Gasteiger partial charge < -0.3 is 15.7 Å². The molecule has 1 aliphatic carbocycles. The molecule has 0 aromatic heterocycles. The number of hydrogen-bond acceptors (Lipinski definition) is 4. The lowest BCUT2D eigenvalue weighted by Crippen LogP contribution is -2.52. The molecule has 1 aliphatic heterocycles. The van der Waals surface area contributed by atoms with Gasteiger partial charge in [0.1, 0.15) is 0 Å². The largest absolute Gasteiger partial charge is 0.395 e. The number of hydrogen-bond donors (Lipinski definition) is 2. The Balaban J connectivity index is 1.82. The van der Waals surface area contributed by atoms with Gasteiger partial charge in [-0.05, 0) is 12.8 Å². The standard InChI is InChI=1S/C12H23N3O2/c13-11-3-1-2-10(11)12(17)15-6-4-14(5-7-15)8-9-16/h10-11,16H,1-9,13H2/t10-,11+/m1/s1. The number of amides is 1. The molecular weight excluding hydrogens is 218 g/mol. The number of carbonyl (C=O) groups is 1. The second-order valence-electron chi connectivity index (χ2n) is 5.09. The van der Waals surface area contributed by atoms with Crippen LogP contribution < -0.4 is 5.73 Å². The third kappa shape index (κ3) is 2.97. The molecule has 5 heteroatoms. The molecule has 0 bridgehead atoms. The van der Waals surface area contributed by atoms with Crippen molar-refractivity contribution in [2.24, 2.45) is 11.7 Å². The van der Waals surface area contributed by atoms with Crippen LogP contribution in [-0.2, 0) is 4.79 Å². The summed E-state index contributed by atoms with van der Waals surface area (Å²) in [5, 5.41) is 8.86. The Morgan fingerprint density at radius 3 is 2.47 bits per heavy atom. The van der Waals surface area contributed by atoms with E-state index >= 15 is 0 Å². The zero-order valence-corrected chi connectivity index (χ0v) is 10.3. The highest BCUT2D eigenvalue weighted by atomic mass is 16.3. The Hall–Kier alpha value is -0.650. The molecule has 0 unspecified atom stereocenters.